The third kappa shape index (κ3) is 18.3. The van der Waals surface area contributed by atoms with Crippen molar-refractivity contribution in [2.45, 2.75) is 40.0 Å². The van der Waals surface area contributed by atoms with Crippen LogP contribution in [-0.2, 0) is 5.41 Å². The number of aryl methyl sites for hydroxylation is 2. The van der Waals surface area contributed by atoms with Gasteiger partial charge in [-0.05, 0) is 148 Å². The van der Waals surface area contributed by atoms with Crippen LogP contribution in [0, 0.1) is 13.8 Å². The highest BCUT2D eigenvalue weighted by molar-refractivity contribution is 6.09. The van der Waals surface area contributed by atoms with Gasteiger partial charge in [0.05, 0.1) is 89.7 Å². The van der Waals surface area contributed by atoms with Crippen LogP contribution in [-0.4, -0.2) is 74.8 Å². The smallest absolute Gasteiger partial charge is 0.182 e. The molecule has 0 unspecified atom stereocenters. The van der Waals surface area contributed by atoms with Crippen molar-refractivity contribution in [1.82, 2.24) is 74.8 Å². The van der Waals surface area contributed by atoms with E-state index in [-0.39, 0.29) is 5.41 Å². The average Bonchev–Trinajstić information content (AvgIpc) is 0.750. The summed E-state index contributed by atoms with van der Waals surface area (Å²) in [5, 5.41) is 10.9. The van der Waals surface area contributed by atoms with Crippen LogP contribution in [0.5, 0.6) is 0 Å². The van der Waals surface area contributed by atoms with Gasteiger partial charge in [-0.1, -0.05) is 403 Å². The van der Waals surface area contributed by atoms with Crippen molar-refractivity contribution in [3.8, 4) is 170 Å². The van der Waals surface area contributed by atoms with Crippen molar-refractivity contribution >= 4 is 98.0 Å². The number of benzene rings is 16. The quantitative estimate of drug-likeness (QED) is 0.0879. The van der Waals surface area contributed by atoms with Crippen LogP contribution in [0.2, 0.25) is 0 Å². The van der Waals surface area contributed by atoms with E-state index in [4.69, 9.17) is 74.8 Å². The van der Waals surface area contributed by atoms with Gasteiger partial charge in [0.1, 0.15) is 11.4 Å². The van der Waals surface area contributed by atoms with E-state index < -0.39 is 0 Å². The largest absolute Gasteiger partial charge is 0.256 e. The third-order valence-electron chi connectivity index (χ3n) is 27.7. The van der Waals surface area contributed by atoms with Crippen LogP contribution in [0.1, 0.15) is 37.5 Å². The minimum atomic E-state index is -0.0984. The van der Waals surface area contributed by atoms with Crippen molar-refractivity contribution in [1.29, 1.82) is 0 Å². The van der Waals surface area contributed by atoms with Gasteiger partial charge in [0.2, 0.25) is 0 Å². The highest BCUT2D eigenvalue weighted by Gasteiger charge is 2.26. The second-order valence-electron chi connectivity index (χ2n) is 38.6. The van der Waals surface area contributed by atoms with Crippen molar-refractivity contribution in [2.24, 2.45) is 0 Å². The summed E-state index contributed by atoms with van der Waals surface area (Å²) in [6.45, 7) is 11.0. The van der Waals surface area contributed by atoms with Crippen molar-refractivity contribution in [2.75, 3.05) is 0 Å². The van der Waals surface area contributed by atoms with E-state index in [2.05, 4.69) is 356 Å². The fourth-order valence-corrected chi connectivity index (χ4v) is 20.2. The Hall–Kier alpha value is -19.8. The summed E-state index contributed by atoms with van der Waals surface area (Å²) in [4.78, 5) is 76.4. The van der Waals surface area contributed by atoms with Crippen LogP contribution in [0.4, 0.5) is 0 Å². The number of nitrogens with zero attached hydrogens (tertiary/aromatic N) is 15. The maximum absolute atomic E-state index is 5.34. The monoisotopic (exact) mass is 1920 g/mol. The zero-order chi connectivity index (χ0) is 101. The first-order valence-electron chi connectivity index (χ1n) is 50.3. The molecule has 708 valence electrons. The fourth-order valence-electron chi connectivity index (χ4n) is 20.2. The molecule has 0 saturated carbocycles. The zero-order valence-electron chi connectivity index (χ0n) is 82.7. The predicted octanol–water partition coefficient (Wildman–Crippen LogP) is 33.3. The average molecular weight is 1930 g/mol. The van der Waals surface area contributed by atoms with E-state index in [0.29, 0.717) is 40.5 Å². The summed E-state index contributed by atoms with van der Waals surface area (Å²) in [7, 11) is 0. The SMILES string of the molecule is CC(C)(C)c1cc(-c2ccccc2)nc2c1ccc1ccc(-c3cc(-c4ccccc4)nc(-c4cccc(-c5cccc6cccnc56)c4)n3)nc12.Cc1cc(-c2ccccc2)nc2c1ccc1ccc(-c3nc(-c4ccccc4)cc(-c4cccc(-c5cccc6cccnc56)c4)n3)nc12.Cc1cc(-c2ccccc2)nc2c1ccc1ccc(-c3nc(-c4ccccc4)nc(-c4cccc(-c5cccc6ccccc56)c4)n3)nc12. The Bertz CT molecular complexity index is 9520. The summed E-state index contributed by atoms with van der Waals surface area (Å²) < 4.78 is 0. The summed E-state index contributed by atoms with van der Waals surface area (Å²) in [5.74, 6) is 2.88. The Balaban J connectivity index is 0.000000117. The van der Waals surface area contributed by atoms with Crippen LogP contribution in [0.3, 0.4) is 0 Å². The molecule has 0 aliphatic heterocycles. The molecule has 11 aromatic heterocycles. The molecule has 0 spiro atoms. The lowest BCUT2D eigenvalue weighted by atomic mass is 9.83. The zero-order valence-corrected chi connectivity index (χ0v) is 82.7. The van der Waals surface area contributed by atoms with Gasteiger partial charge in [0.25, 0.3) is 0 Å². The number of hydrogen-bond donors (Lipinski definition) is 0. The molecule has 15 nitrogen and oxygen atoms in total. The minimum Gasteiger partial charge on any atom is -0.256 e. The molecule has 11 heterocycles. The molecule has 0 aliphatic rings. The van der Waals surface area contributed by atoms with Gasteiger partial charge in [0, 0.05) is 117 Å². The normalized spacial score (nSPS) is 11.5. The minimum absolute atomic E-state index is 0.0984. The first-order chi connectivity index (χ1) is 73.7. The van der Waals surface area contributed by atoms with E-state index >= 15 is 0 Å². The maximum Gasteiger partial charge on any atom is 0.182 e. The molecule has 0 atom stereocenters. The lowest BCUT2D eigenvalue weighted by molar-refractivity contribution is 0.595. The number of fused-ring (bicyclic) bond motifs is 12. The number of pyridine rings is 8. The third-order valence-corrected chi connectivity index (χ3v) is 27.7. The molecule has 0 amide bonds. The number of hydrogen-bond acceptors (Lipinski definition) is 15. The lowest BCUT2D eigenvalue weighted by Gasteiger charge is -2.23. The lowest BCUT2D eigenvalue weighted by Crippen LogP contribution is -2.12. The Morgan fingerprint density at radius 3 is 0.933 bits per heavy atom. The molecule has 0 saturated heterocycles. The van der Waals surface area contributed by atoms with Gasteiger partial charge in [-0.3, -0.25) is 9.97 Å². The van der Waals surface area contributed by atoms with E-state index in [1.54, 1.807) is 0 Å². The van der Waals surface area contributed by atoms with E-state index in [1.165, 1.54) is 21.9 Å². The van der Waals surface area contributed by atoms with Crippen molar-refractivity contribution in [3.63, 3.8) is 0 Å². The van der Waals surface area contributed by atoms with Gasteiger partial charge in [-0.2, -0.15) is 0 Å². The maximum atomic E-state index is 5.34. The number of rotatable bonds is 15. The first-order valence-corrected chi connectivity index (χ1v) is 50.3. The number of aromatic nitrogens is 15. The molecule has 15 heteroatoms. The molecular weight excluding hydrogens is 1830 g/mol. The van der Waals surface area contributed by atoms with Gasteiger partial charge in [0.15, 0.2) is 29.1 Å². The van der Waals surface area contributed by atoms with E-state index in [0.717, 1.165) is 222 Å². The second-order valence-corrected chi connectivity index (χ2v) is 38.6. The van der Waals surface area contributed by atoms with Gasteiger partial charge in [-0.15, -0.1) is 0 Å². The molecule has 27 aromatic rings. The Kier molecular flexibility index (Phi) is 24.0. The van der Waals surface area contributed by atoms with Crippen molar-refractivity contribution < 1.29 is 0 Å². The van der Waals surface area contributed by atoms with E-state index in [1.807, 2.05) is 152 Å². The van der Waals surface area contributed by atoms with Gasteiger partial charge in [-0.25, -0.2) is 64.8 Å². The molecule has 16 aromatic carbocycles. The highest BCUT2D eigenvalue weighted by Crippen LogP contribution is 2.43. The summed E-state index contributed by atoms with van der Waals surface area (Å²) >= 11 is 0. The molecule has 27 rings (SSSR count). The van der Waals surface area contributed by atoms with Gasteiger partial charge < -0.3 is 0 Å². The molecule has 0 fully saturated rings. The van der Waals surface area contributed by atoms with Crippen LogP contribution >= 0.6 is 0 Å². The fraction of sp³-hybridized carbons (Fsp3) is 0.0444. The highest BCUT2D eigenvalue weighted by atomic mass is 15.1. The number of para-hydroxylation sites is 2. The summed E-state index contributed by atoms with van der Waals surface area (Å²) in [5.41, 5.74) is 34.2. The Morgan fingerprint density at radius 1 is 0.153 bits per heavy atom. The summed E-state index contributed by atoms with van der Waals surface area (Å²) in [6, 6.07) is 158. The predicted molar refractivity (Wildman–Crippen MR) is 614 cm³/mol. The molecule has 150 heavy (non-hydrogen) atoms. The second kappa shape index (κ2) is 39.4. The standard InChI is InChI=1S/C47H35N5.2C44H29N5/c1-47(2,3)38-28-40(30-13-6-4-7-14-30)50-45-37(38)24-22-33-23-25-39(49-44(33)45)42-29-41(31-15-8-5-9-16-31)51-46(52-42)35-19-10-18-34(27-35)36-21-11-17-32-20-12-26-48-43(32)36;1-28-25-38(29-11-4-2-5-12-29)47-43-35(28)22-20-32-21-23-37(46-42(32)43)44-48-39(30-13-6-3-7-14-30)27-40(49-44)34-17-8-16-33(26-34)36-19-9-15-31-18-10-24-45-41(31)36;1-28-26-39(30-13-4-2-5-14-30)46-41-35(28)24-22-31-23-25-38(45-40(31)41)44-48-42(32-15-6-3-7-16-32)47-43(49-44)34-19-10-18-33(27-34)37-21-11-17-29-12-8-9-20-36(29)37/h4-29H,1-3H3;2*2-27H,1H3. The van der Waals surface area contributed by atoms with E-state index in [9.17, 15) is 0 Å². The van der Waals surface area contributed by atoms with Crippen LogP contribution < -0.4 is 0 Å². The van der Waals surface area contributed by atoms with Crippen molar-refractivity contribution in [3.05, 3.63) is 490 Å². The Labute approximate surface area is 866 Å². The Morgan fingerprint density at radius 2 is 0.447 bits per heavy atom. The molecule has 0 bridgehead atoms. The molecule has 0 aliphatic carbocycles. The van der Waals surface area contributed by atoms with Gasteiger partial charge >= 0.3 is 0 Å². The van der Waals surface area contributed by atoms with Crippen LogP contribution in [0.15, 0.2) is 473 Å². The molecule has 0 N–H and O–H groups in total. The first kappa shape index (κ1) is 91.4. The summed E-state index contributed by atoms with van der Waals surface area (Å²) in [6.07, 6.45) is 3.69. The van der Waals surface area contributed by atoms with Crippen LogP contribution in [0.25, 0.3) is 268 Å². The molecular formula is C135H93N15. The molecule has 0 radical (unpaired) electrons. The topological polar surface area (TPSA) is 193 Å².